The van der Waals surface area contributed by atoms with Gasteiger partial charge in [-0.1, -0.05) is 13.8 Å². The van der Waals surface area contributed by atoms with Crippen molar-refractivity contribution in [1.82, 2.24) is 15.5 Å². The summed E-state index contributed by atoms with van der Waals surface area (Å²) in [5.41, 5.74) is 1.11. The SMILES string of the molecule is CCC(CC)(CO)CNCc1ccn[nH]1. The second-order valence-corrected chi connectivity index (χ2v) is 4.05. The van der Waals surface area contributed by atoms with E-state index in [-0.39, 0.29) is 12.0 Å². The normalized spacial score (nSPS) is 11.9. The monoisotopic (exact) mass is 211 g/mol. The smallest absolute Gasteiger partial charge is 0.0499 e. The Kier molecular flexibility index (Phi) is 4.78. The molecule has 0 aromatic carbocycles. The molecule has 0 saturated heterocycles. The molecule has 1 heterocycles. The van der Waals surface area contributed by atoms with Gasteiger partial charge in [0.05, 0.1) is 0 Å². The molecular formula is C11H21N3O. The Morgan fingerprint density at radius 2 is 2.20 bits per heavy atom. The summed E-state index contributed by atoms with van der Waals surface area (Å²) >= 11 is 0. The van der Waals surface area contributed by atoms with Crippen molar-refractivity contribution in [2.75, 3.05) is 13.2 Å². The van der Waals surface area contributed by atoms with Crippen LogP contribution in [0.25, 0.3) is 0 Å². The van der Waals surface area contributed by atoms with E-state index in [1.807, 2.05) is 6.07 Å². The maximum Gasteiger partial charge on any atom is 0.0499 e. The predicted octanol–water partition coefficient (Wildman–Crippen LogP) is 1.30. The second-order valence-electron chi connectivity index (χ2n) is 4.05. The first-order valence-corrected chi connectivity index (χ1v) is 5.56. The molecule has 15 heavy (non-hydrogen) atoms. The zero-order valence-electron chi connectivity index (χ0n) is 9.58. The van der Waals surface area contributed by atoms with Crippen molar-refractivity contribution >= 4 is 0 Å². The Balaban J connectivity index is 2.34. The highest BCUT2D eigenvalue weighted by Gasteiger charge is 2.24. The predicted molar refractivity (Wildman–Crippen MR) is 60.4 cm³/mol. The van der Waals surface area contributed by atoms with Crippen LogP contribution in [0.3, 0.4) is 0 Å². The maximum absolute atomic E-state index is 9.37. The number of H-pyrrole nitrogens is 1. The Hall–Kier alpha value is -0.870. The lowest BCUT2D eigenvalue weighted by molar-refractivity contribution is 0.113. The van der Waals surface area contributed by atoms with E-state index in [4.69, 9.17) is 0 Å². The lowest BCUT2D eigenvalue weighted by Gasteiger charge is -2.29. The molecule has 0 radical (unpaired) electrons. The Morgan fingerprint density at radius 1 is 1.47 bits per heavy atom. The van der Waals surface area contributed by atoms with Crippen LogP contribution in [0.2, 0.25) is 0 Å². The number of aliphatic hydroxyl groups is 1. The molecule has 0 fully saturated rings. The molecule has 0 aliphatic carbocycles. The van der Waals surface area contributed by atoms with E-state index in [1.165, 1.54) is 0 Å². The van der Waals surface area contributed by atoms with Crippen LogP contribution in [0.5, 0.6) is 0 Å². The molecule has 3 N–H and O–H groups in total. The number of hydrogen-bond acceptors (Lipinski definition) is 3. The molecule has 0 spiro atoms. The standard InChI is InChI=1S/C11H21N3O/c1-3-11(4-2,9-15)8-12-7-10-5-6-13-14-10/h5-6,12,15H,3-4,7-9H2,1-2H3,(H,13,14). The number of rotatable bonds is 7. The van der Waals surface area contributed by atoms with Crippen molar-refractivity contribution in [3.8, 4) is 0 Å². The molecule has 4 nitrogen and oxygen atoms in total. The molecule has 0 saturated carbocycles. The second kappa shape index (κ2) is 5.88. The van der Waals surface area contributed by atoms with Crippen molar-refractivity contribution in [2.24, 2.45) is 5.41 Å². The largest absolute Gasteiger partial charge is 0.396 e. The minimum atomic E-state index is 0.0278. The average Bonchev–Trinajstić information content (AvgIpc) is 2.78. The Labute approximate surface area is 91.1 Å². The topological polar surface area (TPSA) is 60.9 Å². The third-order valence-electron chi connectivity index (χ3n) is 3.21. The van der Waals surface area contributed by atoms with E-state index in [0.717, 1.165) is 31.6 Å². The molecule has 1 aromatic rings. The molecule has 0 aliphatic heterocycles. The zero-order chi connectivity index (χ0) is 11.1. The Morgan fingerprint density at radius 3 is 2.67 bits per heavy atom. The minimum Gasteiger partial charge on any atom is -0.396 e. The summed E-state index contributed by atoms with van der Waals surface area (Å²) in [5.74, 6) is 0. The molecule has 0 amide bonds. The van der Waals surface area contributed by atoms with Gasteiger partial charge >= 0.3 is 0 Å². The van der Waals surface area contributed by atoms with Crippen LogP contribution in [0, 0.1) is 5.41 Å². The molecule has 0 aliphatic rings. The first kappa shape index (κ1) is 12.2. The number of aromatic nitrogens is 2. The quantitative estimate of drug-likeness (QED) is 0.637. The molecule has 1 rings (SSSR count). The molecule has 0 unspecified atom stereocenters. The van der Waals surface area contributed by atoms with Crippen LogP contribution in [0.4, 0.5) is 0 Å². The number of nitrogens with zero attached hydrogens (tertiary/aromatic N) is 1. The van der Waals surface area contributed by atoms with Gasteiger partial charge in [-0.25, -0.2) is 0 Å². The van der Waals surface area contributed by atoms with Gasteiger partial charge in [0.2, 0.25) is 0 Å². The van der Waals surface area contributed by atoms with Crippen LogP contribution in [0.1, 0.15) is 32.4 Å². The maximum atomic E-state index is 9.37. The van der Waals surface area contributed by atoms with Crippen molar-refractivity contribution in [1.29, 1.82) is 0 Å². The fraction of sp³-hybridized carbons (Fsp3) is 0.727. The van der Waals surface area contributed by atoms with Gasteiger partial charge in [-0.2, -0.15) is 5.10 Å². The van der Waals surface area contributed by atoms with Gasteiger partial charge in [-0.05, 0) is 18.9 Å². The summed E-state index contributed by atoms with van der Waals surface area (Å²) in [6.45, 7) is 6.11. The number of aromatic amines is 1. The molecule has 4 heteroatoms. The summed E-state index contributed by atoms with van der Waals surface area (Å²) in [6, 6.07) is 1.95. The van der Waals surface area contributed by atoms with Gasteiger partial charge in [0, 0.05) is 37.0 Å². The zero-order valence-corrected chi connectivity index (χ0v) is 9.58. The van der Waals surface area contributed by atoms with Gasteiger partial charge < -0.3 is 10.4 Å². The van der Waals surface area contributed by atoms with Crippen LogP contribution in [0.15, 0.2) is 12.3 Å². The van der Waals surface area contributed by atoms with Crippen LogP contribution >= 0.6 is 0 Å². The summed E-state index contributed by atoms with van der Waals surface area (Å²) in [6.07, 6.45) is 3.74. The van der Waals surface area contributed by atoms with E-state index in [0.29, 0.717) is 0 Å². The highest BCUT2D eigenvalue weighted by Crippen LogP contribution is 2.24. The molecule has 0 bridgehead atoms. The molecule has 1 aromatic heterocycles. The third-order valence-corrected chi connectivity index (χ3v) is 3.21. The first-order valence-electron chi connectivity index (χ1n) is 5.56. The fourth-order valence-electron chi connectivity index (χ4n) is 1.62. The highest BCUT2D eigenvalue weighted by atomic mass is 16.3. The van der Waals surface area contributed by atoms with Crippen LogP contribution in [-0.2, 0) is 6.54 Å². The first-order chi connectivity index (χ1) is 7.26. The van der Waals surface area contributed by atoms with Gasteiger partial charge in [0.15, 0.2) is 0 Å². The van der Waals surface area contributed by atoms with E-state index >= 15 is 0 Å². The van der Waals surface area contributed by atoms with Crippen LogP contribution in [-0.4, -0.2) is 28.5 Å². The highest BCUT2D eigenvalue weighted by molar-refractivity contribution is 4.96. The van der Waals surface area contributed by atoms with Crippen molar-refractivity contribution < 1.29 is 5.11 Å². The van der Waals surface area contributed by atoms with Gasteiger partial charge in [-0.15, -0.1) is 0 Å². The minimum absolute atomic E-state index is 0.0278. The van der Waals surface area contributed by atoms with Gasteiger partial charge in [0.1, 0.15) is 0 Å². The number of hydrogen-bond donors (Lipinski definition) is 3. The summed E-state index contributed by atoms with van der Waals surface area (Å²) in [5, 5.41) is 19.5. The lowest BCUT2D eigenvalue weighted by atomic mass is 9.83. The van der Waals surface area contributed by atoms with Crippen molar-refractivity contribution in [2.45, 2.75) is 33.2 Å². The summed E-state index contributed by atoms with van der Waals surface area (Å²) in [4.78, 5) is 0. The fourth-order valence-corrected chi connectivity index (χ4v) is 1.62. The van der Waals surface area contributed by atoms with Crippen LogP contribution < -0.4 is 5.32 Å². The van der Waals surface area contributed by atoms with Gasteiger partial charge in [0.25, 0.3) is 0 Å². The average molecular weight is 211 g/mol. The van der Waals surface area contributed by atoms with E-state index in [9.17, 15) is 5.11 Å². The number of aliphatic hydroxyl groups excluding tert-OH is 1. The van der Waals surface area contributed by atoms with E-state index in [1.54, 1.807) is 6.20 Å². The molecule has 0 atom stereocenters. The van der Waals surface area contributed by atoms with E-state index in [2.05, 4.69) is 29.4 Å². The third kappa shape index (κ3) is 3.32. The van der Waals surface area contributed by atoms with Crippen molar-refractivity contribution in [3.05, 3.63) is 18.0 Å². The Bertz CT molecular complexity index is 247. The van der Waals surface area contributed by atoms with Gasteiger partial charge in [-0.3, -0.25) is 5.10 Å². The van der Waals surface area contributed by atoms with Crippen molar-refractivity contribution in [3.63, 3.8) is 0 Å². The molecule has 86 valence electrons. The van der Waals surface area contributed by atoms with E-state index < -0.39 is 0 Å². The summed E-state index contributed by atoms with van der Waals surface area (Å²) < 4.78 is 0. The molecular weight excluding hydrogens is 190 g/mol. The number of nitrogens with one attached hydrogen (secondary N) is 2. The summed E-state index contributed by atoms with van der Waals surface area (Å²) in [7, 11) is 0. The lowest BCUT2D eigenvalue weighted by Crippen LogP contribution is -2.36.